The summed E-state index contributed by atoms with van der Waals surface area (Å²) in [5, 5.41) is 5.93. The van der Waals surface area contributed by atoms with E-state index in [-0.39, 0.29) is 11.8 Å². The molecule has 0 spiro atoms. The van der Waals surface area contributed by atoms with Crippen LogP contribution in [0.5, 0.6) is 5.75 Å². The third-order valence-corrected chi connectivity index (χ3v) is 3.98. The number of rotatable bonds is 6. The fraction of sp³-hybridized carbons (Fsp3) is 0.0476. The lowest BCUT2D eigenvalue weighted by Gasteiger charge is -2.11. The summed E-state index contributed by atoms with van der Waals surface area (Å²) < 4.78 is 10.4. The highest BCUT2D eigenvalue weighted by Crippen LogP contribution is 2.28. The van der Waals surface area contributed by atoms with Gasteiger partial charge >= 0.3 is 0 Å². The number of hydrogen-bond acceptors (Lipinski definition) is 4. The van der Waals surface area contributed by atoms with E-state index < -0.39 is 0 Å². The predicted molar refractivity (Wildman–Crippen MR) is 109 cm³/mol. The molecule has 3 aromatic rings. The predicted octanol–water partition coefficient (Wildman–Crippen LogP) is 4.85. The van der Waals surface area contributed by atoms with Gasteiger partial charge < -0.3 is 19.8 Å². The number of halogens is 1. The van der Waals surface area contributed by atoms with Crippen molar-refractivity contribution in [3.8, 4) is 5.75 Å². The summed E-state index contributed by atoms with van der Waals surface area (Å²) in [6.07, 6.45) is 4.42. The summed E-state index contributed by atoms with van der Waals surface area (Å²) in [6, 6.07) is 15.0. The molecule has 6 nitrogen and oxygen atoms in total. The number of furan rings is 1. The van der Waals surface area contributed by atoms with Gasteiger partial charge in [0.05, 0.1) is 19.1 Å². The molecule has 0 saturated heterocycles. The molecule has 0 aliphatic carbocycles. The van der Waals surface area contributed by atoms with Gasteiger partial charge in [0, 0.05) is 22.3 Å². The molecule has 1 heterocycles. The van der Waals surface area contributed by atoms with E-state index >= 15 is 0 Å². The molecule has 0 fully saturated rings. The van der Waals surface area contributed by atoms with Crippen molar-refractivity contribution in [1.82, 2.24) is 0 Å². The molecule has 1 aromatic heterocycles. The summed E-state index contributed by atoms with van der Waals surface area (Å²) in [5.74, 6) is 0.359. The van der Waals surface area contributed by atoms with Gasteiger partial charge in [0.2, 0.25) is 5.91 Å². The Morgan fingerprint density at radius 3 is 2.68 bits per heavy atom. The van der Waals surface area contributed by atoms with Crippen LogP contribution in [0.4, 0.5) is 11.4 Å². The number of ether oxygens (including phenoxy) is 1. The lowest BCUT2D eigenvalue weighted by atomic mass is 10.1. The van der Waals surface area contributed by atoms with Gasteiger partial charge in [-0.1, -0.05) is 17.7 Å². The Kier molecular flexibility index (Phi) is 6.14. The van der Waals surface area contributed by atoms with Crippen molar-refractivity contribution in [1.29, 1.82) is 0 Å². The molecule has 7 heteroatoms. The second-order valence-corrected chi connectivity index (χ2v) is 6.15. The van der Waals surface area contributed by atoms with Crippen molar-refractivity contribution in [2.45, 2.75) is 0 Å². The molecular weight excluding hydrogens is 380 g/mol. The number of carbonyl (C=O) groups excluding carboxylic acids is 2. The Balaban J connectivity index is 1.69. The van der Waals surface area contributed by atoms with Crippen LogP contribution in [-0.4, -0.2) is 18.9 Å². The van der Waals surface area contributed by atoms with E-state index in [4.69, 9.17) is 20.8 Å². The molecule has 0 aliphatic rings. The Hall–Kier alpha value is -3.51. The van der Waals surface area contributed by atoms with Crippen LogP contribution in [0.1, 0.15) is 16.1 Å². The smallest absolute Gasteiger partial charge is 0.255 e. The van der Waals surface area contributed by atoms with Gasteiger partial charge in [-0.3, -0.25) is 9.59 Å². The first-order valence-electron chi connectivity index (χ1n) is 8.32. The zero-order chi connectivity index (χ0) is 19.9. The van der Waals surface area contributed by atoms with Crippen LogP contribution in [-0.2, 0) is 4.79 Å². The van der Waals surface area contributed by atoms with Gasteiger partial charge in [-0.2, -0.15) is 0 Å². The van der Waals surface area contributed by atoms with Crippen molar-refractivity contribution in [2.75, 3.05) is 17.7 Å². The molecule has 28 heavy (non-hydrogen) atoms. The first kappa shape index (κ1) is 19.3. The molecule has 2 N–H and O–H groups in total. The van der Waals surface area contributed by atoms with Crippen LogP contribution >= 0.6 is 11.6 Å². The van der Waals surface area contributed by atoms with E-state index in [1.54, 1.807) is 60.7 Å². The van der Waals surface area contributed by atoms with E-state index in [0.717, 1.165) is 0 Å². The van der Waals surface area contributed by atoms with Crippen LogP contribution < -0.4 is 15.4 Å². The van der Waals surface area contributed by atoms with Crippen molar-refractivity contribution in [3.05, 3.63) is 83.3 Å². The highest BCUT2D eigenvalue weighted by atomic mass is 35.5. The molecule has 0 atom stereocenters. The summed E-state index contributed by atoms with van der Waals surface area (Å²) in [7, 11) is 1.51. The minimum absolute atomic E-state index is 0.342. The molecule has 0 bridgehead atoms. The minimum atomic E-state index is -0.359. The van der Waals surface area contributed by atoms with Crippen LogP contribution in [0.3, 0.4) is 0 Å². The minimum Gasteiger partial charge on any atom is -0.495 e. The van der Waals surface area contributed by atoms with Crippen molar-refractivity contribution in [2.24, 2.45) is 0 Å². The number of carbonyl (C=O) groups is 2. The van der Waals surface area contributed by atoms with Gasteiger partial charge in [0.25, 0.3) is 5.91 Å². The molecule has 2 amide bonds. The number of nitrogens with one attached hydrogen (secondary N) is 2. The zero-order valence-electron chi connectivity index (χ0n) is 14.9. The lowest BCUT2D eigenvalue weighted by Crippen LogP contribution is -2.14. The van der Waals surface area contributed by atoms with E-state index in [1.165, 1.54) is 19.4 Å². The third-order valence-electron chi connectivity index (χ3n) is 3.74. The molecule has 0 aliphatic heterocycles. The number of hydrogen-bond donors (Lipinski definition) is 2. The Bertz CT molecular complexity index is 1010. The van der Waals surface area contributed by atoms with Gasteiger partial charge in [0.15, 0.2) is 0 Å². The third kappa shape index (κ3) is 5.02. The second-order valence-electron chi connectivity index (χ2n) is 5.72. The van der Waals surface area contributed by atoms with Crippen molar-refractivity contribution >= 4 is 40.9 Å². The molecular formula is C21H17ClN2O4. The maximum Gasteiger partial charge on any atom is 0.255 e. The first-order valence-corrected chi connectivity index (χ1v) is 8.70. The van der Waals surface area contributed by atoms with Gasteiger partial charge in [-0.25, -0.2) is 0 Å². The van der Waals surface area contributed by atoms with Crippen LogP contribution in [0.15, 0.2) is 71.4 Å². The highest BCUT2D eigenvalue weighted by molar-refractivity contribution is 6.31. The average molecular weight is 397 g/mol. The number of methoxy groups -OCH3 is 1. The molecule has 2 aromatic carbocycles. The summed E-state index contributed by atoms with van der Waals surface area (Å²) in [4.78, 5) is 24.6. The SMILES string of the molecule is COc1ccc(Cl)cc1NC(=O)c1cccc(NC(=O)/C=C/c2ccco2)c1. The van der Waals surface area contributed by atoms with Crippen LogP contribution in [0.2, 0.25) is 5.02 Å². The van der Waals surface area contributed by atoms with Gasteiger partial charge in [-0.15, -0.1) is 0 Å². The molecule has 3 rings (SSSR count). The number of benzene rings is 2. The van der Waals surface area contributed by atoms with E-state index in [2.05, 4.69) is 10.6 Å². The summed E-state index contributed by atoms with van der Waals surface area (Å²) in [5.41, 5.74) is 1.31. The van der Waals surface area contributed by atoms with E-state index in [0.29, 0.717) is 33.5 Å². The average Bonchev–Trinajstić information content (AvgIpc) is 3.20. The summed E-state index contributed by atoms with van der Waals surface area (Å²) >= 11 is 5.98. The van der Waals surface area contributed by atoms with Crippen LogP contribution in [0.25, 0.3) is 6.08 Å². The molecule has 0 radical (unpaired) electrons. The number of amides is 2. The van der Waals surface area contributed by atoms with E-state index in [9.17, 15) is 9.59 Å². The second kappa shape index (κ2) is 8.92. The molecule has 0 saturated carbocycles. The first-order chi connectivity index (χ1) is 13.5. The largest absolute Gasteiger partial charge is 0.495 e. The van der Waals surface area contributed by atoms with Crippen molar-refractivity contribution in [3.63, 3.8) is 0 Å². The van der Waals surface area contributed by atoms with Gasteiger partial charge in [-0.05, 0) is 54.6 Å². The standard InChI is InChI=1S/C21H17ClN2O4/c1-27-19-9-7-15(22)13-18(19)24-21(26)14-4-2-5-16(12-14)23-20(25)10-8-17-6-3-11-28-17/h2-13H,1H3,(H,23,25)(H,24,26)/b10-8+. The maximum absolute atomic E-state index is 12.6. The fourth-order valence-corrected chi connectivity index (χ4v) is 2.61. The molecule has 142 valence electrons. The highest BCUT2D eigenvalue weighted by Gasteiger charge is 2.11. The fourth-order valence-electron chi connectivity index (χ4n) is 2.44. The van der Waals surface area contributed by atoms with E-state index in [1.807, 2.05) is 0 Å². The van der Waals surface area contributed by atoms with Gasteiger partial charge in [0.1, 0.15) is 11.5 Å². The topological polar surface area (TPSA) is 80.6 Å². The summed E-state index contributed by atoms with van der Waals surface area (Å²) in [6.45, 7) is 0. The normalized spacial score (nSPS) is 10.6. The lowest BCUT2D eigenvalue weighted by molar-refractivity contribution is -0.111. The quantitative estimate of drug-likeness (QED) is 0.584. The Labute approximate surface area is 166 Å². The Morgan fingerprint density at radius 2 is 1.93 bits per heavy atom. The van der Waals surface area contributed by atoms with Crippen molar-refractivity contribution < 1.29 is 18.7 Å². The maximum atomic E-state index is 12.6. The Morgan fingerprint density at radius 1 is 1.07 bits per heavy atom. The number of anilines is 2. The molecule has 0 unspecified atom stereocenters. The monoisotopic (exact) mass is 396 g/mol. The van der Waals surface area contributed by atoms with Crippen LogP contribution in [0, 0.1) is 0 Å². The zero-order valence-corrected chi connectivity index (χ0v) is 15.7.